The normalized spacial score (nSPS) is 12.5. The van der Waals surface area contributed by atoms with Crippen molar-refractivity contribution in [2.45, 2.75) is 25.5 Å². The molecule has 1 atom stereocenters. The Labute approximate surface area is 122 Å². The van der Waals surface area contributed by atoms with E-state index in [2.05, 4.69) is 26.7 Å². The molecule has 0 amide bonds. The molecule has 1 N–H and O–H groups in total. The zero-order valence-corrected chi connectivity index (χ0v) is 12.9. The third-order valence-electron chi connectivity index (χ3n) is 2.77. The van der Waals surface area contributed by atoms with Crippen molar-refractivity contribution in [2.75, 3.05) is 20.7 Å². The van der Waals surface area contributed by atoms with Gasteiger partial charge in [-0.15, -0.1) is 0 Å². The molecule has 0 aromatic heterocycles. The van der Waals surface area contributed by atoms with Crippen molar-refractivity contribution in [3.8, 4) is 0 Å². The number of benzene rings is 1. The quantitative estimate of drug-likeness (QED) is 0.779. The van der Waals surface area contributed by atoms with Crippen LogP contribution in [0.3, 0.4) is 0 Å². The maximum Gasteiger partial charge on any atom is 0.305 e. The average Bonchev–Trinajstić information content (AvgIpc) is 2.35. The third kappa shape index (κ3) is 6.71. The van der Waals surface area contributed by atoms with Crippen molar-refractivity contribution < 1.29 is 14.6 Å². The number of carbonyl (C=O) groups is 1. The van der Waals surface area contributed by atoms with Gasteiger partial charge in [0.1, 0.15) is 0 Å². The van der Waals surface area contributed by atoms with Gasteiger partial charge >= 0.3 is 5.97 Å². The Morgan fingerprint density at radius 2 is 2.26 bits per heavy atom. The van der Waals surface area contributed by atoms with Gasteiger partial charge in [0.25, 0.3) is 0 Å². The third-order valence-corrected chi connectivity index (χ3v) is 3.27. The summed E-state index contributed by atoms with van der Waals surface area (Å²) in [6, 6.07) is 8.06. The summed E-state index contributed by atoms with van der Waals surface area (Å²) >= 11 is 3.43. The van der Waals surface area contributed by atoms with E-state index < -0.39 is 6.10 Å². The van der Waals surface area contributed by atoms with E-state index in [0.717, 1.165) is 11.0 Å². The first kappa shape index (κ1) is 16.1. The summed E-state index contributed by atoms with van der Waals surface area (Å²) in [5, 5.41) is 9.84. The van der Waals surface area contributed by atoms with Crippen LogP contribution in [0.5, 0.6) is 0 Å². The van der Waals surface area contributed by atoms with Crippen LogP contribution in [0, 0.1) is 0 Å². The Kier molecular flexibility index (Phi) is 7.05. The molecule has 0 heterocycles. The van der Waals surface area contributed by atoms with Gasteiger partial charge in [-0.2, -0.15) is 0 Å². The van der Waals surface area contributed by atoms with E-state index in [9.17, 15) is 9.90 Å². The van der Waals surface area contributed by atoms with Crippen molar-refractivity contribution in [3.05, 3.63) is 34.3 Å². The summed E-state index contributed by atoms with van der Waals surface area (Å²) in [6.07, 6.45) is 0.161. The van der Waals surface area contributed by atoms with Crippen molar-refractivity contribution in [1.29, 1.82) is 0 Å². The van der Waals surface area contributed by atoms with Gasteiger partial charge in [-0.1, -0.05) is 28.1 Å². The zero-order valence-electron chi connectivity index (χ0n) is 11.3. The van der Waals surface area contributed by atoms with Crippen LogP contribution in [0.15, 0.2) is 28.7 Å². The lowest BCUT2D eigenvalue weighted by atomic mass is 10.1. The minimum atomic E-state index is -0.517. The smallest absolute Gasteiger partial charge is 0.305 e. The van der Waals surface area contributed by atoms with E-state index in [-0.39, 0.29) is 12.4 Å². The Morgan fingerprint density at radius 3 is 2.89 bits per heavy atom. The maximum atomic E-state index is 11.0. The second-order valence-electron chi connectivity index (χ2n) is 4.60. The summed E-state index contributed by atoms with van der Waals surface area (Å²) in [7, 11) is 3.30. The number of halogens is 1. The predicted octanol–water partition coefficient (Wildman–Crippen LogP) is 2.19. The monoisotopic (exact) mass is 329 g/mol. The molecule has 106 valence electrons. The molecule has 1 unspecified atom stereocenters. The molecule has 1 aromatic rings. The SMILES string of the molecule is COC(=O)CCC(O)CN(C)Cc1cccc(Br)c1. The van der Waals surface area contributed by atoms with E-state index >= 15 is 0 Å². The lowest BCUT2D eigenvalue weighted by molar-refractivity contribution is -0.141. The van der Waals surface area contributed by atoms with Gasteiger partial charge in [0.2, 0.25) is 0 Å². The second kappa shape index (κ2) is 8.30. The molecule has 0 saturated carbocycles. The molecule has 1 aromatic carbocycles. The number of likely N-dealkylation sites (N-methyl/N-ethyl adjacent to an activating group) is 1. The fourth-order valence-electron chi connectivity index (χ4n) is 1.85. The van der Waals surface area contributed by atoms with Crippen LogP contribution in [0.4, 0.5) is 0 Å². The lowest BCUT2D eigenvalue weighted by Gasteiger charge is -2.20. The molecule has 0 fully saturated rings. The van der Waals surface area contributed by atoms with E-state index in [1.165, 1.54) is 12.7 Å². The van der Waals surface area contributed by atoms with Gasteiger partial charge in [-0.3, -0.25) is 9.69 Å². The molecule has 5 heteroatoms. The van der Waals surface area contributed by atoms with Crippen LogP contribution < -0.4 is 0 Å². The summed E-state index contributed by atoms with van der Waals surface area (Å²) in [5.41, 5.74) is 1.18. The highest BCUT2D eigenvalue weighted by atomic mass is 79.9. The van der Waals surface area contributed by atoms with E-state index in [4.69, 9.17) is 0 Å². The van der Waals surface area contributed by atoms with Gasteiger partial charge in [-0.25, -0.2) is 0 Å². The number of aliphatic hydroxyl groups excluding tert-OH is 1. The number of carbonyl (C=O) groups excluding carboxylic acids is 1. The van der Waals surface area contributed by atoms with Gasteiger partial charge in [0.15, 0.2) is 0 Å². The summed E-state index contributed by atoms with van der Waals surface area (Å²) < 4.78 is 5.59. The van der Waals surface area contributed by atoms with Crippen LogP contribution in [0.1, 0.15) is 18.4 Å². The highest BCUT2D eigenvalue weighted by molar-refractivity contribution is 9.10. The number of ether oxygens (including phenoxy) is 1. The molecule has 0 aliphatic carbocycles. The number of hydrogen-bond acceptors (Lipinski definition) is 4. The molecule has 4 nitrogen and oxygen atoms in total. The minimum absolute atomic E-state index is 0.252. The fourth-order valence-corrected chi connectivity index (χ4v) is 2.30. The standard InChI is InChI=1S/C14H20BrNO3/c1-16(9-11-4-3-5-12(15)8-11)10-13(17)6-7-14(18)19-2/h3-5,8,13,17H,6-7,9-10H2,1-2H3. The Hall–Kier alpha value is -0.910. The van der Waals surface area contributed by atoms with Crippen LogP contribution in [-0.2, 0) is 16.1 Å². The summed E-state index contributed by atoms with van der Waals surface area (Å²) in [6.45, 7) is 1.29. The molecule has 0 bridgehead atoms. The fraction of sp³-hybridized carbons (Fsp3) is 0.500. The number of nitrogens with zero attached hydrogens (tertiary/aromatic N) is 1. The summed E-state index contributed by atoms with van der Waals surface area (Å²) in [5.74, 6) is -0.284. The minimum Gasteiger partial charge on any atom is -0.469 e. The highest BCUT2D eigenvalue weighted by Crippen LogP contribution is 2.13. The van der Waals surface area contributed by atoms with E-state index in [0.29, 0.717) is 13.0 Å². The number of rotatable bonds is 7. The van der Waals surface area contributed by atoms with Crippen LogP contribution in [0.25, 0.3) is 0 Å². The predicted molar refractivity (Wildman–Crippen MR) is 77.7 cm³/mol. The molecule has 0 aliphatic heterocycles. The first-order chi connectivity index (χ1) is 9.01. The highest BCUT2D eigenvalue weighted by Gasteiger charge is 2.11. The molecular formula is C14H20BrNO3. The number of hydrogen-bond donors (Lipinski definition) is 1. The molecule has 0 radical (unpaired) electrons. The molecular weight excluding hydrogens is 310 g/mol. The van der Waals surface area contributed by atoms with Crippen LogP contribution >= 0.6 is 15.9 Å². The topological polar surface area (TPSA) is 49.8 Å². The van der Waals surface area contributed by atoms with Crippen LogP contribution in [-0.4, -0.2) is 42.8 Å². The number of aliphatic hydroxyl groups is 1. The second-order valence-corrected chi connectivity index (χ2v) is 5.51. The molecule has 0 spiro atoms. The average molecular weight is 330 g/mol. The van der Waals surface area contributed by atoms with Gasteiger partial charge < -0.3 is 9.84 Å². The Bertz CT molecular complexity index is 411. The van der Waals surface area contributed by atoms with E-state index in [1.54, 1.807) is 0 Å². The van der Waals surface area contributed by atoms with Gasteiger partial charge in [0, 0.05) is 24.0 Å². The van der Waals surface area contributed by atoms with Crippen molar-refractivity contribution in [3.63, 3.8) is 0 Å². The maximum absolute atomic E-state index is 11.0. The van der Waals surface area contributed by atoms with Gasteiger partial charge in [0.05, 0.1) is 13.2 Å². The Morgan fingerprint density at radius 1 is 1.53 bits per heavy atom. The first-order valence-corrected chi connectivity index (χ1v) is 6.98. The van der Waals surface area contributed by atoms with Gasteiger partial charge in [-0.05, 0) is 31.2 Å². The number of esters is 1. The molecule has 0 aliphatic rings. The van der Waals surface area contributed by atoms with Crippen molar-refractivity contribution >= 4 is 21.9 Å². The lowest BCUT2D eigenvalue weighted by Crippen LogP contribution is -2.29. The zero-order chi connectivity index (χ0) is 14.3. The number of methoxy groups -OCH3 is 1. The summed E-state index contributed by atoms with van der Waals surface area (Å²) in [4.78, 5) is 13.0. The van der Waals surface area contributed by atoms with E-state index in [1.807, 2.05) is 30.1 Å². The molecule has 19 heavy (non-hydrogen) atoms. The van der Waals surface area contributed by atoms with Crippen molar-refractivity contribution in [1.82, 2.24) is 4.90 Å². The first-order valence-electron chi connectivity index (χ1n) is 6.19. The molecule has 1 rings (SSSR count). The Balaban J connectivity index is 2.34. The largest absolute Gasteiger partial charge is 0.469 e. The van der Waals surface area contributed by atoms with Crippen molar-refractivity contribution in [2.24, 2.45) is 0 Å². The van der Waals surface area contributed by atoms with Crippen LogP contribution in [0.2, 0.25) is 0 Å². The molecule has 0 saturated heterocycles.